The number of nitrogens with one attached hydrogen (secondary N) is 2. The summed E-state index contributed by atoms with van der Waals surface area (Å²) in [5.74, 6) is -1.29. The molecule has 1 fully saturated rings. The summed E-state index contributed by atoms with van der Waals surface area (Å²) < 4.78 is 35.5. The topological polar surface area (TPSA) is 72.5 Å². The highest BCUT2D eigenvalue weighted by molar-refractivity contribution is 5.94. The lowest BCUT2D eigenvalue weighted by Crippen LogP contribution is -2.45. The molecule has 2 N–H and O–H groups in total. The molecule has 1 amide bonds. The van der Waals surface area contributed by atoms with Gasteiger partial charge in [0.25, 0.3) is 5.91 Å². The number of imidazole rings is 1. The number of hydrogen-bond acceptors (Lipinski definition) is 4. The van der Waals surface area contributed by atoms with Crippen LogP contribution in [0.2, 0.25) is 0 Å². The third-order valence-electron chi connectivity index (χ3n) is 5.67. The minimum absolute atomic E-state index is 0.0203. The second-order valence-electron chi connectivity index (χ2n) is 7.82. The first-order valence-corrected chi connectivity index (χ1v) is 10.5. The van der Waals surface area contributed by atoms with Crippen LogP contribution in [0.25, 0.3) is 21.9 Å². The zero-order valence-electron chi connectivity index (χ0n) is 18.3. The maximum atomic E-state index is 14.5. The number of nitrogens with zero attached hydrogens (tertiary/aromatic N) is 3. The van der Waals surface area contributed by atoms with E-state index in [2.05, 4.69) is 20.5 Å². The van der Waals surface area contributed by atoms with Crippen LogP contribution < -0.4 is 15.4 Å². The van der Waals surface area contributed by atoms with Gasteiger partial charge in [-0.05, 0) is 44.5 Å². The molecule has 0 unspecified atom stereocenters. The number of piperidine rings is 1. The lowest BCUT2D eigenvalue weighted by molar-refractivity contribution is 0.0925. The Kier molecular flexibility index (Phi) is 6.38. The van der Waals surface area contributed by atoms with Crippen LogP contribution in [0.5, 0.6) is 5.75 Å². The van der Waals surface area contributed by atoms with Gasteiger partial charge < -0.3 is 15.4 Å². The molecule has 33 heavy (non-hydrogen) atoms. The molecule has 1 atom stereocenters. The van der Waals surface area contributed by atoms with Crippen molar-refractivity contribution in [1.29, 1.82) is 0 Å². The SMILES string of the molecule is [C-]#[N+]c1ccc(-c2nc(C(=O)N[C@@H]3CCCNC3)c(C)n2-c2ccc(OC)c(F)c2)cc1F. The Morgan fingerprint density at radius 2 is 2.09 bits per heavy atom. The first-order chi connectivity index (χ1) is 15.9. The van der Waals surface area contributed by atoms with Crippen molar-refractivity contribution in [3.8, 4) is 22.8 Å². The highest BCUT2D eigenvalue weighted by atomic mass is 19.1. The fourth-order valence-corrected chi connectivity index (χ4v) is 3.99. The van der Waals surface area contributed by atoms with Gasteiger partial charge in [0, 0.05) is 24.2 Å². The van der Waals surface area contributed by atoms with Crippen LogP contribution in [-0.2, 0) is 0 Å². The highest BCUT2D eigenvalue weighted by Gasteiger charge is 2.25. The number of carbonyl (C=O) groups excluding carboxylic acids is 1. The molecule has 0 radical (unpaired) electrons. The van der Waals surface area contributed by atoms with Gasteiger partial charge >= 0.3 is 0 Å². The molecule has 1 aliphatic rings. The van der Waals surface area contributed by atoms with Crippen LogP contribution in [0.3, 0.4) is 0 Å². The highest BCUT2D eigenvalue weighted by Crippen LogP contribution is 2.31. The molecule has 1 aliphatic heterocycles. The first kappa shape index (κ1) is 22.4. The van der Waals surface area contributed by atoms with Crippen LogP contribution >= 0.6 is 0 Å². The molecule has 170 valence electrons. The molecule has 0 aliphatic carbocycles. The average molecular weight is 451 g/mol. The maximum absolute atomic E-state index is 14.5. The van der Waals surface area contributed by atoms with Gasteiger partial charge in [0.05, 0.1) is 25.1 Å². The molecule has 4 rings (SSSR count). The van der Waals surface area contributed by atoms with E-state index in [0.29, 0.717) is 23.5 Å². The van der Waals surface area contributed by atoms with E-state index < -0.39 is 11.6 Å². The summed E-state index contributed by atoms with van der Waals surface area (Å²) >= 11 is 0. The van der Waals surface area contributed by atoms with E-state index in [1.807, 2.05) is 0 Å². The Morgan fingerprint density at radius 3 is 2.73 bits per heavy atom. The summed E-state index contributed by atoms with van der Waals surface area (Å²) in [7, 11) is 1.37. The maximum Gasteiger partial charge on any atom is 0.272 e. The fraction of sp³-hybridized carbons (Fsp3) is 0.292. The van der Waals surface area contributed by atoms with Gasteiger partial charge in [0.15, 0.2) is 11.6 Å². The zero-order valence-corrected chi connectivity index (χ0v) is 18.3. The van der Waals surface area contributed by atoms with E-state index in [4.69, 9.17) is 11.3 Å². The number of halogens is 2. The number of carbonyl (C=O) groups is 1. The van der Waals surface area contributed by atoms with Crippen molar-refractivity contribution in [3.05, 3.63) is 70.8 Å². The lowest BCUT2D eigenvalue weighted by atomic mass is 10.1. The Labute approximate surface area is 190 Å². The van der Waals surface area contributed by atoms with Crippen molar-refractivity contribution in [2.24, 2.45) is 0 Å². The molecule has 3 aromatic rings. The Bertz CT molecular complexity index is 1240. The number of rotatable bonds is 5. The van der Waals surface area contributed by atoms with E-state index >= 15 is 0 Å². The average Bonchev–Trinajstić information content (AvgIpc) is 3.16. The minimum Gasteiger partial charge on any atom is -0.494 e. The summed E-state index contributed by atoms with van der Waals surface area (Å²) in [5.41, 5.74) is 1.29. The van der Waals surface area contributed by atoms with Gasteiger partial charge in [-0.3, -0.25) is 9.36 Å². The van der Waals surface area contributed by atoms with Crippen LogP contribution in [-0.4, -0.2) is 41.7 Å². The number of benzene rings is 2. The molecule has 0 spiro atoms. The Morgan fingerprint density at radius 1 is 1.27 bits per heavy atom. The number of methoxy groups -OCH3 is 1. The van der Waals surface area contributed by atoms with Gasteiger partial charge in [0.2, 0.25) is 5.69 Å². The van der Waals surface area contributed by atoms with E-state index in [-0.39, 0.29) is 34.9 Å². The smallest absolute Gasteiger partial charge is 0.272 e. The molecule has 2 aromatic carbocycles. The largest absolute Gasteiger partial charge is 0.494 e. The predicted molar refractivity (Wildman–Crippen MR) is 120 cm³/mol. The molecule has 0 bridgehead atoms. The second kappa shape index (κ2) is 9.38. The molecule has 0 saturated carbocycles. The molecule has 1 aromatic heterocycles. The standard InChI is InChI=1S/C24H23F2N5O2/c1-14-22(24(32)29-16-5-4-10-28-13-16)30-23(15-6-8-20(27-2)18(25)11-15)31(14)17-7-9-21(33-3)19(26)12-17/h6-9,11-12,16,28H,4-5,10,13H2,1,3H3,(H,29,32)/t16-/m1/s1. The van der Waals surface area contributed by atoms with Gasteiger partial charge in [-0.15, -0.1) is 0 Å². The van der Waals surface area contributed by atoms with Crippen molar-refractivity contribution >= 4 is 11.6 Å². The fourth-order valence-electron chi connectivity index (χ4n) is 3.99. The van der Waals surface area contributed by atoms with Crippen molar-refractivity contribution in [2.75, 3.05) is 20.2 Å². The van der Waals surface area contributed by atoms with Gasteiger partial charge in [-0.25, -0.2) is 18.6 Å². The predicted octanol–water partition coefficient (Wildman–Crippen LogP) is 4.17. The van der Waals surface area contributed by atoms with Crippen molar-refractivity contribution in [3.63, 3.8) is 0 Å². The Balaban J connectivity index is 1.82. The quantitative estimate of drug-likeness (QED) is 0.572. The second-order valence-corrected chi connectivity index (χ2v) is 7.82. The summed E-state index contributed by atoms with van der Waals surface area (Å²) in [5, 5.41) is 6.24. The van der Waals surface area contributed by atoms with Crippen molar-refractivity contribution < 1.29 is 18.3 Å². The van der Waals surface area contributed by atoms with Crippen molar-refractivity contribution in [2.45, 2.75) is 25.8 Å². The number of aromatic nitrogens is 2. The third kappa shape index (κ3) is 4.43. The van der Waals surface area contributed by atoms with Crippen LogP contribution in [0.15, 0.2) is 36.4 Å². The minimum atomic E-state index is -0.699. The van der Waals surface area contributed by atoms with Crippen LogP contribution in [0.4, 0.5) is 14.5 Å². The van der Waals surface area contributed by atoms with E-state index in [9.17, 15) is 13.6 Å². The number of ether oxygens (including phenoxy) is 1. The molecular formula is C24H23F2N5O2. The van der Waals surface area contributed by atoms with Crippen LogP contribution in [0.1, 0.15) is 29.0 Å². The lowest BCUT2D eigenvalue weighted by Gasteiger charge is -2.23. The molecule has 1 saturated heterocycles. The summed E-state index contributed by atoms with van der Waals surface area (Å²) in [6.45, 7) is 10.4. The van der Waals surface area contributed by atoms with E-state index in [1.165, 1.54) is 31.4 Å². The molecule has 7 nitrogen and oxygen atoms in total. The number of hydrogen-bond donors (Lipinski definition) is 2. The zero-order chi connectivity index (χ0) is 23.5. The third-order valence-corrected chi connectivity index (χ3v) is 5.67. The molecule has 9 heteroatoms. The molecular weight excluding hydrogens is 428 g/mol. The molecule has 2 heterocycles. The number of amides is 1. The van der Waals surface area contributed by atoms with E-state index in [0.717, 1.165) is 19.4 Å². The Hall–Kier alpha value is -3.77. The van der Waals surface area contributed by atoms with E-state index in [1.54, 1.807) is 23.6 Å². The summed E-state index contributed by atoms with van der Waals surface area (Å²) in [4.78, 5) is 20.7. The summed E-state index contributed by atoms with van der Waals surface area (Å²) in [6.07, 6.45) is 1.82. The van der Waals surface area contributed by atoms with Gasteiger partial charge in [0.1, 0.15) is 17.3 Å². The van der Waals surface area contributed by atoms with Crippen molar-refractivity contribution in [1.82, 2.24) is 20.2 Å². The van der Waals surface area contributed by atoms with Crippen LogP contribution in [0, 0.1) is 25.1 Å². The monoisotopic (exact) mass is 451 g/mol. The van der Waals surface area contributed by atoms with Gasteiger partial charge in [-0.1, -0.05) is 12.1 Å². The van der Waals surface area contributed by atoms with Gasteiger partial charge in [-0.2, -0.15) is 0 Å². The normalized spacial score (nSPS) is 15.7. The summed E-state index contributed by atoms with van der Waals surface area (Å²) in [6, 6.07) is 8.47. The first-order valence-electron chi connectivity index (χ1n) is 10.5.